The van der Waals surface area contributed by atoms with Crippen molar-refractivity contribution in [2.75, 3.05) is 33.8 Å². The van der Waals surface area contributed by atoms with Crippen LogP contribution in [0.1, 0.15) is 15.2 Å². The number of fused-ring (bicyclic) bond motifs is 1. The molecule has 0 atom stereocenters. The van der Waals surface area contributed by atoms with Crippen molar-refractivity contribution in [2.45, 2.75) is 6.92 Å². The highest BCUT2D eigenvalue weighted by Crippen LogP contribution is 2.43. The lowest BCUT2D eigenvalue weighted by Gasteiger charge is -2.15. The van der Waals surface area contributed by atoms with E-state index in [-0.39, 0.29) is 5.97 Å². The number of nitrogens with one attached hydrogen (secondary N) is 1. The van der Waals surface area contributed by atoms with Gasteiger partial charge in [0.2, 0.25) is 5.75 Å². The number of benzene rings is 2. The molecule has 0 spiro atoms. The zero-order valence-corrected chi connectivity index (χ0v) is 16.7. The fraction of sp³-hybridized carbons (Fsp3) is 0.250. The molecule has 0 unspecified atom stereocenters. The Morgan fingerprint density at radius 1 is 0.963 bits per heavy atom. The molecule has 0 saturated heterocycles. The maximum absolute atomic E-state index is 12.3. The van der Waals surface area contributed by atoms with Crippen molar-refractivity contribution in [1.82, 2.24) is 0 Å². The van der Waals surface area contributed by atoms with E-state index in [4.69, 9.17) is 18.9 Å². The Kier molecular flexibility index (Phi) is 5.41. The number of rotatable bonds is 6. The monoisotopic (exact) mass is 387 g/mol. The quantitative estimate of drug-likeness (QED) is 0.615. The third kappa shape index (κ3) is 3.50. The van der Waals surface area contributed by atoms with Crippen molar-refractivity contribution >= 4 is 38.8 Å². The van der Waals surface area contributed by atoms with Crippen LogP contribution in [0.15, 0.2) is 30.3 Å². The van der Waals surface area contributed by atoms with Crippen molar-refractivity contribution < 1.29 is 23.7 Å². The Hall–Kier alpha value is -2.93. The molecule has 6 nitrogen and oxygen atoms in total. The van der Waals surface area contributed by atoms with Gasteiger partial charge in [0.05, 0.1) is 34.1 Å². The molecule has 0 saturated carbocycles. The summed E-state index contributed by atoms with van der Waals surface area (Å²) in [5.41, 5.74) is 2.50. The van der Waals surface area contributed by atoms with Gasteiger partial charge in [-0.25, -0.2) is 4.79 Å². The average Bonchev–Trinajstić information content (AvgIpc) is 3.04. The number of methoxy groups -OCH3 is 4. The van der Waals surface area contributed by atoms with Crippen LogP contribution in [0.5, 0.6) is 17.2 Å². The van der Waals surface area contributed by atoms with Crippen molar-refractivity contribution in [3.63, 3.8) is 0 Å². The molecular formula is C20H21NO5S. The predicted octanol–water partition coefficient (Wildman–Crippen LogP) is 4.77. The lowest BCUT2D eigenvalue weighted by molar-refractivity contribution is 0.0607. The molecule has 7 heteroatoms. The summed E-state index contributed by atoms with van der Waals surface area (Å²) >= 11 is 1.39. The van der Waals surface area contributed by atoms with E-state index in [9.17, 15) is 4.79 Å². The van der Waals surface area contributed by atoms with Gasteiger partial charge < -0.3 is 24.3 Å². The van der Waals surface area contributed by atoms with Gasteiger partial charge in [0.1, 0.15) is 4.88 Å². The average molecular weight is 387 g/mol. The normalized spacial score (nSPS) is 10.6. The highest BCUT2D eigenvalue weighted by molar-refractivity contribution is 7.21. The van der Waals surface area contributed by atoms with Gasteiger partial charge in [0.15, 0.2) is 11.5 Å². The Balaban J connectivity index is 2.16. The summed E-state index contributed by atoms with van der Waals surface area (Å²) in [5, 5.41) is 4.29. The minimum atomic E-state index is -0.385. The first-order valence-electron chi connectivity index (χ1n) is 8.20. The van der Waals surface area contributed by atoms with Gasteiger partial charge in [-0.1, -0.05) is 11.6 Å². The number of thiophene rings is 1. The molecule has 0 aliphatic carbocycles. The highest BCUT2D eigenvalue weighted by atomic mass is 32.1. The van der Waals surface area contributed by atoms with E-state index in [1.54, 1.807) is 33.5 Å². The van der Waals surface area contributed by atoms with Gasteiger partial charge in [0.25, 0.3) is 0 Å². The molecule has 1 aromatic heterocycles. The van der Waals surface area contributed by atoms with Gasteiger partial charge in [-0.15, -0.1) is 11.3 Å². The van der Waals surface area contributed by atoms with Gasteiger partial charge >= 0.3 is 5.97 Å². The van der Waals surface area contributed by atoms with Crippen molar-refractivity contribution in [2.24, 2.45) is 0 Å². The smallest absolute Gasteiger partial charge is 0.350 e. The standard InChI is InChI=1S/C20H21NO5S/c1-11-6-7-16-13(8-11)17(19(27-16)20(22)26-5)21-12-9-14(23-2)18(25-4)15(10-12)24-3/h6-10,21H,1-5H3. The minimum Gasteiger partial charge on any atom is -0.493 e. The number of hydrogen-bond acceptors (Lipinski definition) is 7. The summed E-state index contributed by atoms with van der Waals surface area (Å²) in [5.74, 6) is 1.16. The van der Waals surface area contributed by atoms with Crippen LogP contribution < -0.4 is 19.5 Å². The topological polar surface area (TPSA) is 66.0 Å². The van der Waals surface area contributed by atoms with Gasteiger partial charge in [0, 0.05) is 27.9 Å². The number of esters is 1. The largest absolute Gasteiger partial charge is 0.493 e. The first kappa shape index (κ1) is 18.8. The lowest BCUT2D eigenvalue weighted by atomic mass is 10.1. The van der Waals surface area contributed by atoms with E-state index >= 15 is 0 Å². The number of carbonyl (C=O) groups is 1. The van der Waals surface area contributed by atoms with E-state index in [0.29, 0.717) is 33.5 Å². The molecule has 2 aromatic carbocycles. The Morgan fingerprint density at radius 2 is 1.63 bits per heavy atom. The fourth-order valence-corrected chi connectivity index (χ4v) is 3.93. The third-order valence-corrected chi connectivity index (χ3v) is 5.30. The molecule has 3 rings (SSSR count). The zero-order valence-electron chi connectivity index (χ0n) is 15.8. The van der Waals surface area contributed by atoms with E-state index in [0.717, 1.165) is 15.6 Å². The highest BCUT2D eigenvalue weighted by Gasteiger charge is 2.21. The molecule has 142 valence electrons. The lowest BCUT2D eigenvalue weighted by Crippen LogP contribution is -2.03. The van der Waals surface area contributed by atoms with E-state index < -0.39 is 0 Å². The van der Waals surface area contributed by atoms with Crippen LogP contribution in [-0.4, -0.2) is 34.4 Å². The van der Waals surface area contributed by atoms with Crippen LogP contribution in [0.3, 0.4) is 0 Å². The molecule has 0 amide bonds. The summed E-state index contributed by atoms with van der Waals surface area (Å²) in [4.78, 5) is 12.8. The molecular weight excluding hydrogens is 366 g/mol. The van der Waals surface area contributed by atoms with Crippen LogP contribution in [-0.2, 0) is 4.74 Å². The molecule has 27 heavy (non-hydrogen) atoms. The van der Waals surface area contributed by atoms with Crippen LogP contribution >= 0.6 is 11.3 Å². The zero-order chi connectivity index (χ0) is 19.6. The van der Waals surface area contributed by atoms with Gasteiger partial charge in [-0.3, -0.25) is 0 Å². The second-order valence-electron chi connectivity index (χ2n) is 5.84. The molecule has 0 aliphatic rings. The van der Waals surface area contributed by atoms with Crippen LogP contribution in [0.2, 0.25) is 0 Å². The molecule has 1 N–H and O–H groups in total. The Morgan fingerprint density at radius 3 is 2.19 bits per heavy atom. The van der Waals surface area contributed by atoms with E-state index in [1.165, 1.54) is 18.4 Å². The molecule has 0 fully saturated rings. The summed E-state index contributed by atoms with van der Waals surface area (Å²) in [6, 6.07) is 9.65. The fourth-order valence-electron chi connectivity index (χ4n) is 2.87. The molecule has 1 heterocycles. The molecule has 3 aromatic rings. The number of aryl methyl sites for hydroxylation is 1. The Labute approximate surface area is 161 Å². The maximum atomic E-state index is 12.3. The van der Waals surface area contributed by atoms with Gasteiger partial charge in [-0.2, -0.15) is 0 Å². The molecule has 0 bridgehead atoms. The first-order chi connectivity index (χ1) is 13.0. The van der Waals surface area contributed by atoms with Gasteiger partial charge in [-0.05, 0) is 19.1 Å². The second-order valence-corrected chi connectivity index (χ2v) is 6.89. The van der Waals surface area contributed by atoms with Crippen molar-refractivity contribution in [1.29, 1.82) is 0 Å². The molecule has 0 aliphatic heterocycles. The number of carbonyl (C=O) groups excluding carboxylic acids is 1. The predicted molar refractivity (Wildman–Crippen MR) is 107 cm³/mol. The van der Waals surface area contributed by atoms with Crippen LogP contribution in [0.4, 0.5) is 11.4 Å². The third-order valence-electron chi connectivity index (χ3n) is 4.15. The number of anilines is 2. The maximum Gasteiger partial charge on any atom is 0.350 e. The minimum absolute atomic E-state index is 0.385. The second kappa shape index (κ2) is 7.75. The summed E-state index contributed by atoms with van der Waals surface area (Å²) < 4.78 is 22.1. The summed E-state index contributed by atoms with van der Waals surface area (Å²) in [6.45, 7) is 2.01. The molecule has 0 radical (unpaired) electrons. The number of hydrogen-bond donors (Lipinski definition) is 1. The summed E-state index contributed by atoms with van der Waals surface area (Å²) in [6.07, 6.45) is 0. The SMILES string of the molecule is COC(=O)c1sc2ccc(C)cc2c1Nc1cc(OC)c(OC)c(OC)c1. The van der Waals surface area contributed by atoms with Crippen molar-refractivity contribution in [3.8, 4) is 17.2 Å². The van der Waals surface area contributed by atoms with Crippen molar-refractivity contribution in [3.05, 3.63) is 40.8 Å². The van der Waals surface area contributed by atoms with E-state index in [1.807, 2.05) is 25.1 Å². The Bertz CT molecular complexity index is 970. The first-order valence-corrected chi connectivity index (χ1v) is 9.02. The van der Waals surface area contributed by atoms with Crippen LogP contribution in [0.25, 0.3) is 10.1 Å². The van der Waals surface area contributed by atoms with E-state index in [2.05, 4.69) is 5.32 Å². The van der Waals surface area contributed by atoms with Crippen LogP contribution in [0, 0.1) is 6.92 Å². The summed E-state index contributed by atoms with van der Waals surface area (Å²) in [7, 11) is 6.05. The number of ether oxygens (including phenoxy) is 4.